The maximum absolute atomic E-state index is 11.9. The van der Waals surface area contributed by atoms with Crippen molar-refractivity contribution in [2.45, 2.75) is 13.0 Å². The van der Waals surface area contributed by atoms with E-state index in [0.29, 0.717) is 17.2 Å². The van der Waals surface area contributed by atoms with Gasteiger partial charge in [-0.15, -0.1) is 0 Å². The third-order valence-corrected chi connectivity index (χ3v) is 4.62. The summed E-state index contributed by atoms with van der Waals surface area (Å²) in [6, 6.07) is 12.8. The Kier molecular flexibility index (Phi) is 4.19. The second kappa shape index (κ2) is 6.68. The molecule has 0 saturated carbocycles. The number of carbonyl (C=O) groups excluding carboxylic acids is 1. The number of fused-ring (bicyclic) bond motifs is 1. The van der Waals surface area contributed by atoms with Gasteiger partial charge in [-0.3, -0.25) is 4.79 Å². The summed E-state index contributed by atoms with van der Waals surface area (Å²) in [4.78, 5) is 16.4. The molecule has 138 valence electrons. The first kappa shape index (κ1) is 17.0. The highest BCUT2D eigenvalue weighted by atomic mass is 16.7. The predicted octanol–water partition coefficient (Wildman–Crippen LogP) is 3.00. The van der Waals surface area contributed by atoms with Crippen molar-refractivity contribution < 1.29 is 19.0 Å². The maximum atomic E-state index is 11.9. The van der Waals surface area contributed by atoms with Gasteiger partial charge in [0, 0.05) is 17.2 Å². The predicted molar refractivity (Wildman–Crippen MR) is 99.7 cm³/mol. The number of nitrogens with zero attached hydrogens (tertiary/aromatic N) is 2. The molecule has 2 aromatic carbocycles. The van der Waals surface area contributed by atoms with E-state index in [1.165, 1.54) is 0 Å². The Balaban J connectivity index is 1.98. The number of carbonyl (C=O) groups is 1. The SMILES string of the molecule is COc1cc2c(cc1-c1c(-c3ccccc3)ncn1[C@H](C)C(N)=O)OCO2. The Labute approximate surface area is 156 Å². The van der Waals surface area contributed by atoms with E-state index < -0.39 is 11.9 Å². The van der Waals surface area contributed by atoms with Gasteiger partial charge >= 0.3 is 0 Å². The molecule has 1 aromatic heterocycles. The van der Waals surface area contributed by atoms with Gasteiger partial charge in [-0.05, 0) is 13.0 Å². The molecule has 1 aliphatic heterocycles. The van der Waals surface area contributed by atoms with Crippen LogP contribution < -0.4 is 19.9 Å². The Morgan fingerprint density at radius 1 is 1.22 bits per heavy atom. The molecule has 1 amide bonds. The molecule has 7 heteroatoms. The van der Waals surface area contributed by atoms with Crippen molar-refractivity contribution in [3.8, 4) is 39.8 Å². The average molecular weight is 365 g/mol. The zero-order valence-corrected chi connectivity index (χ0v) is 15.0. The van der Waals surface area contributed by atoms with Gasteiger partial charge in [-0.25, -0.2) is 4.98 Å². The van der Waals surface area contributed by atoms with Crippen molar-refractivity contribution in [2.75, 3.05) is 13.9 Å². The van der Waals surface area contributed by atoms with Crippen LogP contribution in [0.3, 0.4) is 0 Å². The Bertz CT molecular complexity index is 998. The fourth-order valence-electron chi connectivity index (χ4n) is 3.14. The lowest BCUT2D eigenvalue weighted by Gasteiger charge is -2.17. The second-order valence-corrected chi connectivity index (χ2v) is 6.20. The average Bonchev–Trinajstić information content (AvgIpc) is 3.33. The molecule has 27 heavy (non-hydrogen) atoms. The number of imidazole rings is 1. The number of hydrogen-bond donors (Lipinski definition) is 1. The monoisotopic (exact) mass is 365 g/mol. The first-order chi connectivity index (χ1) is 13.1. The molecule has 2 N–H and O–H groups in total. The third-order valence-electron chi connectivity index (χ3n) is 4.62. The molecule has 1 atom stereocenters. The van der Waals surface area contributed by atoms with Gasteiger partial charge in [0.05, 0.1) is 24.8 Å². The molecule has 2 heterocycles. The Hall–Kier alpha value is -3.48. The first-order valence-corrected chi connectivity index (χ1v) is 8.49. The summed E-state index contributed by atoms with van der Waals surface area (Å²) in [5.74, 6) is 1.37. The lowest BCUT2D eigenvalue weighted by molar-refractivity contribution is -0.120. The summed E-state index contributed by atoms with van der Waals surface area (Å²) in [7, 11) is 1.58. The normalized spacial score (nSPS) is 13.4. The third kappa shape index (κ3) is 2.87. The minimum Gasteiger partial charge on any atom is -0.496 e. The smallest absolute Gasteiger partial charge is 0.240 e. The van der Waals surface area contributed by atoms with Gasteiger partial charge in [0.2, 0.25) is 12.7 Å². The molecule has 0 fully saturated rings. The van der Waals surface area contributed by atoms with Crippen LogP contribution in [0.2, 0.25) is 0 Å². The molecule has 0 saturated heterocycles. The number of primary amides is 1. The number of rotatable bonds is 5. The summed E-state index contributed by atoms with van der Waals surface area (Å²) in [6.07, 6.45) is 1.62. The van der Waals surface area contributed by atoms with E-state index in [1.54, 1.807) is 31.0 Å². The van der Waals surface area contributed by atoms with Gasteiger partial charge in [0.15, 0.2) is 11.5 Å². The number of methoxy groups -OCH3 is 1. The van der Waals surface area contributed by atoms with Crippen LogP contribution in [0.15, 0.2) is 48.8 Å². The van der Waals surface area contributed by atoms with Crippen molar-refractivity contribution >= 4 is 5.91 Å². The van der Waals surface area contributed by atoms with Crippen LogP contribution >= 0.6 is 0 Å². The molecule has 0 radical (unpaired) electrons. The largest absolute Gasteiger partial charge is 0.496 e. The van der Waals surface area contributed by atoms with Crippen LogP contribution in [0.5, 0.6) is 17.2 Å². The highest BCUT2D eigenvalue weighted by Gasteiger charge is 2.26. The van der Waals surface area contributed by atoms with Gasteiger partial charge in [-0.1, -0.05) is 30.3 Å². The van der Waals surface area contributed by atoms with E-state index in [4.69, 9.17) is 19.9 Å². The lowest BCUT2D eigenvalue weighted by Crippen LogP contribution is -2.24. The van der Waals surface area contributed by atoms with Crippen LogP contribution in [-0.4, -0.2) is 29.4 Å². The Morgan fingerprint density at radius 2 is 1.93 bits per heavy atom. The van der Waals surface area contributed by atoms with Gasteiger partial charge < -0.3 is 24.5 Å². The van der Waals surface area contributed by atoms with Crippen molar-refractivity contribution in [2.24, 2.45) is 5.73 Å². The van der Waals surface area contributed by atoms with Crippen LogP contribution in [0.4, 0.5) is 0 Å². The number of aromatic nitrogens is 2. The minimum absolute atomic E-state index is 0.157. The molecular formula is C20H19N3O4. The van der Waals surface area contributed by atoms with Crippen molar-refractivity contribution in [1.82, 2.24) is 9.55 Å². The number of amides is 1. The number of benzene rings is 2. The van der Waals surface area contributed by atoms with Crippen molar-refractivity contribution in [3.63, 3.8) is 0 Å². The zero-order chi connectivity index (χ0) is 19.0. The van der Waals surface area contributed by atoms with Gasteiger partial charge in [0.1, 0.15) is 11.8 Å². The highest BCUT2D eigenvalue weighted by molar-refractivity contribution is 5.86. The quantitative estimate of drug-likeness (QED) is 0.751. The van der Waals surface area contributed by atoms with Crippen LogP contribution in [0.1, 0.15) is 13.0 Å². The minimum atomic E-state index is -0.583. The number of nitrogens with two attached hydrogens (primary N) is 1. The van der Waals surface area contributed by atoms with E-state index in [-0.39, 0.29) is 6.79 Å². The summed E-state index contributed by atoms with van der Waals surface area (Å²) >= 11 is 0. The van der Waals surface area contributed by atoms with Crippen LogP contribution in [0, 0.1) is 0 Å². The fraction of sp³-hybridized carbons (Fsp3) is 0.200. The Morgan fingerprint density at radius 3 is 2.59 bits per heavy atom. The number of ether oxygens (including phenoxy) is 3. The van der Waals surface area contributed by atoms with Crippen molar-refractivity contribution in [1.29, 1.82) is 0 Å². The zero-order valence-electron chi connectivity index (χ0n) is 15.0. The van der Waals surface area contributed by atoms with Crippen LogP contribution in [0.25, 0.3) is 22.5 Å². The summed E-state index contributed by atoms with van der Waals surface area (Å²) < 4.78 is 18.3. The molecule has 0 unspecified atom stereocenters. The highest BCUT2D eigenvalue weighted by Crippen LogP contribution is 2.45. The van der Waals surface area contributed by atoms with E-state index >= 15 is 0 Å². The molecule has 0 bridgehead atoms. The maximum Gasteiger partial charge on any atom is 0.240 e. The number of hydrogen-bond acceptors (Lipinski definition) is 5. The summed E-state index contributed by atoms with van der Waals surface area (Å²) in [6.45, 7) is 1.90. The standard InChI is InChI=1S/C20H19N3O4/c1-12(20(21)24)23-10-22-18(13-6-4-3-5-7-13)19(23)14-8-16-17(27-11-26-16)9-15(14)25-2/h3-10,12H,11H2,1-2H3,(H2,21,24)/t12-/m1/s1. The van der Waals surface area contributed by atoms with E-state index in [1.807, 2.05) is 36.4 Å². The summed E-state index contributed by atoms with van der Waals surface area (Å²) in [5, 5.41) is 0. The molecule has 4 rings (SSSR count). The molecule has 0 aliphatic carbocycles. The fourth-order valence-corrected chi connectivity index (χ4v) is 3.14. The van der Waals surface area contributed by atoms with Crippen LogP contribution in [-0.2, 0) is 4.79 Å². The molecule has 3 aromatic rings. The van der Waals surface area contributed by atoms with Gasteiger partial charge in [0.25, 0.3) is 0 Å². The summed E-state index contributed by atoms with van der Waals surface area (Å²) in [5.41, 5.74) is 8.67. The van der Waals surface area contributed by atoms with Crippen molar-refractivity contribution in [3.05, 3.63) is 48.8 Å². The van der Waals surface area contributed by atoms with E-state index in [0.717, 1.165) is 22.5 Å². The van der Waals surface area contributed by atoms with E-state index in [9.17, 15) is 4.79 Å². The first-order valence-electron chi connectivity index (χ1n) is 8.49. The second-order valence-electron chi connectivity index (χ2n) is 6.20. The topological polar surface area (TPSA) is 88.6 Å². The van der Waals surface area contributed by atoms with E-state index in [2.05, 4.69) is 4.98 Å². The molecule has 1 aliphatic rings. The molecule has 7 nitrogen and oxygen atoms in total. The van der Waals surface area contributed by atoms with Gasteiger partial charge in [-0.2, -0.15) is 0 Å². The molecule has 0 spiro atoms. The molecular weight excluding hydrogens is 346 g/mol. The lowest BCUT2D eigenvalue weighted by atomic mass is 10.0.